The van der Waals surface area contributed by atoms with Crippen molar-refractivity contribution in [2.24, 2.45) is 5.92 Å². The van der Waals surface area contributed by atoms with Crippen LogP contribution in [0.3, 0.4) is 0 Å². The fourth-order valence-electron chi connectivity index (χ4n) is 2.32. The Labute approximate surface area is 149 Å². The molecular formula is C19H29NO3S. The molecule has 1 rings (SSSR count). The maximum atomic E-state index is 11.8. The number of hydrogen-bond acceptors (Lipinski definition) is 5. The first kappa shape index (κ1) is 20.6. The summed E-state index contributed by atoms with van der Waals surface area (Å²) in [5.74, 6) is 0.928. The van der Waals surface area contributed by atoms with Gasteiger partial charge in [-0.25, -0.2) is 0 Å². The fraction of sp³-hybridized carbons (Fsp3) is 0.579. The summed E-state index contributed by atoms with van der Waals surface area (Å²) in [7, 11) is 0. The number of thioether (sulfide) groups is 1. The maximum Gasteiger partial charge on any atom is 0.306 e. The van der Waals surface area contributed by atoms with Crippen molar-refractivity contribution in [3.63, 3.8) is 0 Å². The average molecular weight is 352 g/mol. The van der Waals surface area contributed by atoms with Crippen LogP contribution in [0.25, 0.3) is 0 Å². The minimum atomic E-state index is -0.156. The number of Topliss-reactive ketones (excluding diaryl/α,β-unsaturated/α-hetero) is 1. The number of ketones is 1. The molecule has 0 saturated heterocycles. The molecule has 24 heavy (non-hydrogen) atoms. The highest BCUT2D eigenvalue weighted by Gasteiger charge is 2.11. The van der Waals surface area contributed by atoms with E-state index in [1.807, 2.05) is 6.07 Å². The molecule has 0 unspecified atom stereocenters. The van der Waals surface area contributed by atoms with E-state index < -0.39 is 0 Å². The van der Waals surface area contributed by atoms with Crippen molar-refractivity contribution < 1.29 is 14.3 Å². The van der Waals surface area contributed by atoms with E-state index in [4.69, 9.17) is 10.5 Å². The number of unbranched alkanes of at least 4 members (excludes halogenated alkanes) is 1. The van der Waals surface area contributed by atoms with Crippen molar-refractivity contribution in [2.75, 3.05) is 18.1 Å². The molecule has 0 aromatic heterocycles. The maximum absolute atomic E-state index is 11.8. The third kappa shape index (κ3) is 7.39. The Morgan fingerprint density at radius 2 is 2.04 bits per heavy atom. The predicted octanol–water partition coefficient (Wildman–Crippen LogP) is 4.71. The number of carbonyl (C=O) groups excluding carboxylic acids is 2. The first-order chi connectivity index (χ1) is 11.5. The SMILES string of the molecule is CCCC[C@@H](CC)COC(=O)CCSc1ccc(C(C)=O)cc1N. The van der Waals surface area contributed by atoms with E-state index in [2.05, 4.69) is 13.8 Å². The van der Waals surface area contributed by atoms with E-state index in [1.165, 1.54) is 31.5 Å². The smallest absolute Gasteiger partial charge is 0.306 e. The predicted molar refractivity (Wildman–Crippen MR) is 100 cm³/mol. The Kier molecular flexibility index (Phi) is 9.53. The van der Waals surface area contributed by atoms with E-state index in [0.29, 0.717) is 35.9 Å². The van der Waals surface area contributed by atoms with Gasteiger partial charge >= 0.3 is 5.97 Å². The van der Waals surface area contributed by atoms with Crippen LogP contribution in [0.4, 0.5) is 5.69 Å². The minimum absolute atomic E-state index is 0.00428. The van der Waals surface area contributed by atoms with Crippen molar-refractivity contribution in [1.82, 2.24) is 0 Å². The van der Waals surface area contributed by atoms with Gasteiger partial charge in [0.05, 0.1) is 13.0 Å². The number of hydrogen-bond donors (Lipinski definition) is 1. The summed E-state index contributed by atoms with van der Waals surface area (Å²) in [6, 6.07) is 5.28. The van der Waals surface area contributed by atoms with Gasteiger partial charge in [0, 0.05) is 21.9 Å². The molecule has 0 bridgehead atoms. The van der Waals surface area contributed by atoms with Gasteiger partial charge < -0.3 is 10.5 Å². The highest BCUT2D eigenvalue weighted by atomic mass is 32.2. The molecule has 1 aromatic rings. The molecule has 5 heteroatoms. The molecular weight excluding hydrogens is 322 g/mol. The second kappa shape index (κ2) is 11.1. The molecule has 134 valence electrons. The van der Waals surface area contributed by atoms with Crippen molar-refractivity contribution in [1.29, 1.82) is 0 Å². The summed E-state index contributed by atoms with van der Waals surface area (Å²) in [6.45, 7) is 6.35. The minimum Gasteiger partial charge on any atom is -0.465 e. The Hall–Kier alpha value is -1.49. The molecule has 0 radical (unpaired) electrons. The second-order valence-corrected chi connectivity index (χ2v) is 7.14. The van der Waals surface area contributed by atoms with Crippen molar-refractivity contribution in [2.45, 2.75) is 57.8 Å². The Bertz CT molecular complexity index is 545. The Balaban J connectivity index is 2.34. The number of esters is 1. The first-order valence-corrected chi connectivity index (χ1v) is 9.65. The third-order valence-electron chi connectivity index (χ3n) is 4.00. The summed E-state index contributed by atoms with van der Waals surface area (Å²) >= 11 is 1.51. The number of rotatable bonds is 11. The molecule has 0 aliphatic heterocycles. The van der Waals surface area contributed by atoms with Gasteiger partial charge in [0.15, 0.2) is 5.78 Å². The lowest BCUT2D eigenvalue weighted by Crippen LogP contribution is -2.14. The molecule has 1 aromatic carbocycles. The third-order valence-corrected chi connectivity index (χ3v) is 5.09. The monoisotopic (exact) mass is 351 g/mol. The lowest BCUT2D eigenvalue weighted by molar-refractivity contribution is -0.144. The van der Waals surface area contributed by atoms with Gasteiger partial charge in [-0.1, -0.05) is 39.2 Å². The zero-order valence-corrected chi connectivity index (χ0v) is 15.8. The van der Waals surface area contributed by atoms with Crippen LogP contribution < -0.4 is 5.73 Å². The summed E-state index contributed by atoms with van der Waals surface area (Å²) in [5.41, 5.74) is 7.13. The van der Waals surface area contributed by atoms with E-state index in [-0.39, 0.29) is 11.8 Å². The van der Waals surface area contributed by atoms with Gasteiger partial charge in [0.25, 0.3) is 0 Å². The summed E-state index contributed by atoms with van der Waals surface area (Å²) in [4.78, 5) is 24.0. The van der Waals surface area contributed by atoms with Gasteiger partial charge in [-0.05, 0) is 31.4 Å². The zero-order chi connectivity index (χ0) is 17.9. The van der Waals surface area contributed by atoms with Crippen LogP contribution in [-0.4, -0.2) is 24.1 Å². The Morgan fingerprint density at radius 3 is 2.62 bits per heavy atom. The first-order valence-electron chi connectivity index (χ1n) is 8.66. The van der Waals surface area contributed by atoms with Crippen molar-refractivity contribution in [3.05, 3.63) is 23.8 Å². The van der Waals surface area contributed by atoms with Gasteiger partial charge in [0.2, 0.25) is 0 Å². The normalized spacial score (nSPS) is 12.0. The summed E-state index contributed by atoms with van der Waals surface area (Å²) < 4.78 is 5.38. The van der Waals surface area contributed by atoms with Crippen LogP contribution >= 0.6 is 11.8 Å². The molecule has 0 saturated carbocycles. The fourth-order valence-corrected chi connectivity index (χ4v) is 3.20. The number of anilines is 1. The van der Waals surface area contributed by atoms with Crippen LogP contribution in [0.2, 0.25) is 0 Å². The standard InChI is InChI=1S/C19H29NO3S/c1-4-6-7-15(5-2)13-23-19(22)10-11-24-18-9-8-16(14(3)21)12-17(18)20/h8-9,12,15H,4-7,10-11,13,20H2,1-3H3/t15-/m1/s1. The largest absolute Gasteiger partial charge is 0.465 e. The van der Waals surface area contributed by atoms with Gasteiger partial charge in [-0.3, -0.25) is 9.59 Å². The van der Waals surface area contributed by atoms with E-state index >= 15 is 0 Å². The zero-order valence-electron chi connectivity index (χ0n) is 15.0. The van der Waals surface area contributed by atoms with Crippen molar-refractivity contribution >= 4 is 29.2 Å². The van der Waals surface area contributed by atoms with Crippen LogP contribution in [0, 0.1) is 5.92 Å². The topological polar surface area (TPSA) is 69.4 Å². The van der Waals surface area contributed by atoms with Crippen LogP contribution in [0.5, 0.6) is 0 Å². The molecule has 0 fully saturated rings. The molecule has 0 aliphatic rings. The van der Waals surface area contributed by atoms with E-state index in [1.54, 1.807) is 12.1 Å². The van der Waals surface area contributed by atoms with Crippen LogP contribution in [0.15, 0.2) is 23.1 Å². The number of ether oxygens (including phenoxy) is 1. The second-order valence-electron chi connectivity index (χ2n) is 6.01. The number of carbonyl (C=O) groups is 2. The summed E-state index contributed by atoms with van der Waals surface area (Å²) in [6.07, 6.45) is 4.88. The van der Waals surface area contributed by atoms with Crippen LogP contribution in [-0.2, 0) is 9.53 Å². The highest BCUT2D eigenvalue weighted by Crippen LogP contribution is 2.26. The van der Waals surface area contributed by atoms with Gasteiger partial charge in [-0.15, -0.1) is 11.8 Å². The highest BCUT2D eigenvalue weighted by molar-refractivity contribution is 7.99. The van der Waals surface area contributed by atoms with Gasteiger partial charge in [-0.2, -0.15) is 0 Å². The number of nitrogen functional groups attached to an aromatic ring is 1. The lowest BCUT2D eigenvalue weighted by atomic mass is 10.0. The number of nitrogens with two attached hydrogens (primary N) is 1. The van der Waals surface area contributed by atoms with Crippen LogP contribution in [0.1, 0.15) is 63.2 Å². The molecule has 0 aliphatic carbocycles. The van der Waals surface area contributed by atoms with E-state index in [0.717, 1.165) is 17.7 Å². The lowest BCUT2D eigenvalue weighted by Gasteiger charge is -2.14. The molecule has 1 atom stereocenters. The Morgan fingerprint density at radius 1 is 1.29 bits per heavy atom. The molecule has 0 heterocycles. The number of benzene rings is 1. The molecule has 4 nitrogen and oxygen atoms in total. The van der Waals surface area contributed by atoms with Gasteiger partial charge in [0.1, 0.15) is 0 Å². The average Bonchev–Trinajstić information content (AvgIpc) is 2.56. The molecule has 2 N–H and O–H groups in total. The quantitative estimate of drug-likeness (QED) is 0.270. The van der Waals surface area contributed by atoms with Crippen molar-refractivity contribution in [3.8, 4) is 0 Å². The molecule has 0 spiro atoms. The van der Waals surface area contributed by atoms with E-state index in [9.17, 15) is 9.59 Å². The molecule has 0 amide bonds. The summed E-state index contributed by atoms with van der Waals surface area (Å²) in [5, 5.41) is 0.